The first kappa shape index (κ1) is 21.0. The minimum atomic E-state index is -4.05. The van der Waals surface area contributed by atoms with E-state index in [1.807, 2.05) is 0 Å². The highest BCUT2D eigenvalue weighted by Gasteiger charge is 2.33. The first-order chi connectivity index (χ1) is 12.4. The van der Waals surface area contributed by atoms with Crippen molar-refractivity contribution in [1.82, 2.24) is 0 Å². The Morgan fingerprint density at radius 1 is 1.26 bits per heavy atom. The van der Waals surface area contributed by atoms with Crippen molar-refractivity contribution in [3.05, 3.63) is 23.8 Å². The van der Waals surface area contributed by atoms with Crippen molar-refractivity contribution in [1.29, 1.82) is 0 Å². The van der Waals surface area contributed by atoms with Crippen molar-refractivity contribution < 1.29 is 32.6 Å². The van der Waals surface area contributed by atoms with Gasteiger partial charge in [-0.15, -0.1) is 0 Å². The summed E-state index contributed by atoms with van der Waals surface area (Å²) in [7, 11) is -4.05. The maximum Gasteiger partial charge on any atom is 0.429 e. The van der Waals surface area contributed by atoms with E-state index in [-0.39, 0.29) is 17.9 Å². The Bertz CT molecular complexity index is 823. The third-order valence-electron chi connectivity index (χ3n) is 3.66. The van der Waals surface area contributed by atoms with Crippen LogP contribution in [0.2, 0.25) is 0 Å². The number of rotatable bonds is 7. The monoisotopic (exact) mass is 399 g/mol. The molecule has 0 atom stereocenters. The van der Waals surface area contributed by atoms with Gasteiger partial charge in [0.1, 0.15) is 17.0 Å². The molecule has 0 heterocycles. The normalized spacial score (nSPS) is 14.5. The second-order valence-corrected chi connectivity index (χ2v) is 9.47. The number of anilines is 1. The topological polar surface area (TPSA) is 110 Å². The van der Waals surface area contributed by atoms with E-state index in [9.17, 15) is 18.0 Å². The second kappa shape index (κ2) is 7.75. The van der Waals surface area contributed by atoms with Crippen LogP contribution < -0.4 is 9.04 Å². The molecule has 1 N–H and O–H groups in total. The highest BCUT2D eigenvalue weighted by atomic mass is 32.2. The average Bonchev–Trinajstić information content (AvgIpc) is 3.26. The number of ether oxygens (including phenoxy) is 2. The molecular weight excluding hydrogens is 374 g/mol. The lowest BCUT2D eigenvalue weighted by Gasteiger charge is -2.27. The number of amides is 1. The minimum Gasteiger partial charge on any atom is -0.491 e. The summed E-state index contributed by atoms with van der Waals surface area (Å²) in [5.41, 5.74) is -0.618. The van der Waals surface area contributed by atoms with Gasteiger partial charge >= 0.3 is 12.1 Å². The van der Waals surface area contributed by atoms with E-state index in [2.05, 4.69) is 0 Å². The molecule has 8 nitrogen and oxygen atoms in total. The van der Waals surface area contributed by atoms with E-state index >= 15 is 0 Å². The Morgan fingerprint density at radius 3 is 2.37 bits per heavy atom. The number of nitrogens with zero attached hydrogens (tertiary/aromatic N) is 1. The highest BCUT2D eigenvalue weighted by molar-refractivity contribution is 7.92. The SMILES string of the molecule is CC(C)(C)OC(=O)N(c1cc(CC(=O)O)ccc1OCC1CC1)S(C)(=O)=O. The van der Waals surface area contributed by atoms with E-state index in [4.69, 9.17) is 14.6 Å². The molecule has 0 aromatic heterocycles. The maximum atomic E-state index is 12.6. The first-order valence-corrected chi connectivity index (χ1v) is 10.4. The van der Waals surface area contributed by atoms with Crippen LogP contribution in [0.1, 0.15) is 39.2 Å². The first-order valence-electron chi connectivity index (χ1n) is 8.57. The summed E-state index contributed by atoms with van der Waals surface area (Å²) in [6.45, 7) is 5.27. The lowest BCUT2D eigenvalue weighted by Crippen LogP contribution is -2.40. The average molecular weight is 399 g/mol. The van der Waals surface area contributed by atoms with E-state index < -0.39 is 27.7 Å². The highest BCUT2D eigenvalue weighted by Crippen LogP contribution is 2.35. The Hall–Kier alpha value is -2.29. The zero-order chi connectivity index (χ0) is 20.4. The quantitative estimate of drug-likeness (QED) is 0.750. The van der Waals surface area contributed by atoms with E-state index in [0.717, 1.165) is 19.1 Å². The summed E-state index contributed by atoms with van der Waals surface area (Å²) >= 11 is 0. The summed E-state index contributed by atoms with van der Waals surface area (Å²) in [6, 6.07) is 4.36. The molecule has 9 heteroatoms. The van der Waals surface area contributed by atoms with Crippen molar-refractivity contribution >= 4 is 27.8 Å². The van der Waals surface area contributed by atoms with E-state index in [1.165, 1.54) is 18.2 Å². The van der Waals surface area contributed by atoms with Gasteiger partial charge in [-0.1, -0.05) is 6.07 Å². The van der Waals surface area contributed by atoms with Gasteiger partial charge in [-0.25, -0.2) is 13.2 Å². The number of carbonyl (C=O) groups is 2. The number of sulfonamides is 1. The molecule has 1 aliphatic carbocycles. The summed E-state index contributed by atoms with van der Waals surface area (Å²) in [5, 5.41) is 9.02. The lowest BCUT2D eigenvalue weighted by molar-refractivity contribution is -0.136. The number of aliphatic carboxylic acids is 1. The van der Waals surface area contributed by atoms with Gasteiger partial charge in [0.25, 0.3) is 0 Å². The Morgan fingerprint density at radius 2 is 1.89 bits per heavy atom. The summed E-state index contributed by atoms with van der Waals surface area (Å²) in [6.07, 6.45) is 1.56. The molecule has 1 aliphatic rings. The van der Waals surface area contributed by atoms with Crippen molar-refractivity contribution in [2.45, 2.75) is 45.6 Å². The van der Waals surface area contributed by atoms with Crippen molar-refractivity contribution in [2.24, 2.45) is 5.92 Å². The fourth-order valence-electron chi connectivity index (χ4n) is 2.34. The number of hydrogen-bond donors (Lipinski definition) is 1. The smallest absolute Gasteiger partial charge is 0.429 e. The van der Waals surface area contributed by atoms with Crippen molar-refractivity contribution in [3.63, 3.8) is 0 Å². The second-order valence-electron chi connectivity index (χ2n) is 7.63. The molecule has 0 aliphatic heterocycles. The maximum absolute atomic E-state index is 12.6. The third-order valence-corrected chi connectivity index (χ3v) is 4.67. The van der Waals surface area contributed by atoms with Gasteiger partial charge in [-0.2, -0.15) is 4.31 Å². The van der Waals surface area contributed by atoms with Crippen LogP contribution in [-0.4, -0.2) is 44.1 Å². The molecule has 150 valence electrons. The summed E-state index contributed by atoms with van der Waals surface area (Å²) in [5.74, 6) is -0.479. The van der Waals surface area contributed by atoms with Gasteiger partial charge in [-0.05, 0) is 57.2 Å². The molecule has 0 unspecified atom stereocenters. The molecule has 0 saturated heterocycles. The summed E-state index contributed by atoms with van der Waals surface area (Å²) in [4.78, 5) is 23.6. The number of carboxylic acids is 1. The molecule has 1 aromatic carbocycles. The van der Waals surface area contributed by atoms with E-state index in [0.29, 0.717) is 22.4 Å². The molecule has 1 saturated carbocycles. The van der Waals surface area contributed by atoms with Gasteiger partial charge in [0, 0.05) is 0 Å². The van der Waals surface area contributed by atoms with Crippen molar-refractivity contribution in [3.8, 4) is 5.75 Å². The number of benzene rings is 1. The van der Waals surface area contributed by atoms with Crippen LogP contribution in [0.25, 0.3) is 0 Å². The van der Waals surface area contributed by atoms with Crippen LogP contribution in [0.4, 0.5) is 10.5 Å². The fraction of sp³-hybridized carbons (Fsp3) is 0.556. The minimum absolute atomic E-state index is 0.0499. The molecule has 0 bridgehead atoms. The molecule has 1 fully saturated rings. The predicted molar refractivity (Wildman–Crippen MR) is 99.6 cm³/mol. The Balaban J connectivity index is 2.48. The van der Waals surface area contributed by atoms with Crippen molar-refractivity contribution in [2.75, 3.05) is 17.2 Å². The largest absolute Gasteiger partial charge is 0.491 e. The van der Waals surface area contributed by atoms with Crippen LogP contribution in [0.3, 0.4) is 0 Å². The van der Waals surface area contributed by atoms with Crippen LogP contribution in [0, 0.1) is 5.92 Å². The molecular formula is C18H25NO7S. The molecule has 2 rings (SSSR count). The van der Waals surface area contributed by atoms with Gasteiger partial charge < -0.3 is 14.6 Å². The number of hydrogen-bond acceptors (Lipinski definition) is 6. The molecule has 27 heavy (non-hydrogen) atoms. The predicted octanol–water partition coefficient (Wildman–Crippen LogP) is 2.80. The van der Waals surface area contributed by atoms with Gasteiger partial charge in [0.05, 0.1) is 19.3 Å². The standard InChI is InChI=1S/C18H25NO7S/c1-18(2,3)26-17(22)19(27(4,23)24)14-9-13(10-16(20)21)7-8-15(14)25-11-12-5-6-12/h7-9,12H,5-6,10-11H2,1-4H3,(H,20,21). The van der Waals surface area contributed by atoms with Gasteiger partial charge in [0.15, 0.2) is 0 Å². The van der Waals surface area contributed by atoms with E-state index in [1.54, 1.807) is 20.8 Å². The van der Waals surface area contributed by atoms with Crippen LogP contribution >= 0.6 is 0 Å². The molecule has 1 aromatic rings. The van der Waals surface area contributed by atoms with Crippen LogP contribution in [-0.2, 0) is 26.0 Å². The number of carbonyl (C=O) groups excluding carboxylic acids is 1. The van der Waals surface area contributed by atoms with Crippen LogP contribution in [0.5, 0.6) is 5.75 Å². The fourth-order valence-corrected chi connectivity index (χ4v) is 3.14. The third kappa shape index (κ3) is 6.42. The van der Waals surface area contributed by atoms with Gasteiger partial charge in [-0.3, -0.25) is 4.79 Å². The van der Waals surface area contributed by atoms with Crippen LogP contribution in [0.15, 0.2) is 18.2 Å². The van der Waals surface area contributed by atoms with Gasteiger partial charge in [0.2, 0.25) is 10.0 Å². The number of carboxylic acid groups (broad SMARTS) is 1. The Kier molecular flexibility index (Phi) is 6.04. The molecule has 0 spiro atoms. The molecule has 1 amide bonds. The molecule has 0 radical (unpaired) electrons. The summed E-state index contributed by atoms with van der Waals surface area (Å²) < 4.78 is 36.2. The Labute approximate surface area is 159 Å². The zero-order valence-electron chi connectivity index (χ0n) is 15.9. The zero-order valence-corrected chi connectivity index (χ0v) is 16.7. The lowest BCUT2D eigenvalue weighted by atomic mass is 10.1.